The van der Waals surface area contributed by atoms with Gasteiger partial charge in [0.05, 0.1) is 22.4 Å². The molecular weight excluding hydrogens is 378 g/mol. The average molecular weight is 398 g/mol. The van der Waals surface area contributed by atoms with E-state index < -0.39 is 22.7 Å². The maximum atomic E-state index is 12.2. The molecule has 2 rings (SSSR count). The number of nitrogens with zero attached hydrogens (tertiary/aromatic N) is 5. The van der Waals surface area contributed by atoms with Crippen LogP contribution in [0.1, 0.15) is 35.7 Å². The van der Waals surface area contributed by atoms with Crippen molar-refractivity contribution in [2.75, 3.05) is 0 Å². The van der Waals surface area contributed by atoms with Crippen LogP contribution in [0, 0.1) is 29.9 Å². The SMILES string of the molecule is CCn1cc(Cl)c(C(=O)NNC(=O)[C@@H](C)Cn2nc(C)c([N+](=O)[O-])c2C)n1. The van der Waals surface area contributed by atoms with Crippen LogP contribution in [0.3, 0.4) is 0 Å². The van der Waals surface area contributed by atoms with E-state index >= 15 is 0 Å². The Hall–Kier alpha value is -2.95. The molecule has 11 nitrogen and oxygen atoms in total. The predicted octanol–water partition coefficient (Wildman–Crippen LogP) is 1.38. The van der Waals surface area contributed by atoms with Gasteiger partial charge in [0, 0.05) is 12.7 Å². The molecule has 0 aliphatic carbocycles. The van der Waals surface area contributed by atoms with E-state index in [4.69, 9.17) is 11.6 Å². The first-order valence-electron chi connectivity index (χ1n) is 8.17. The average Bonchev–Trinajstić information content (AvgIpc) is 3.11. The molecule has 1 atom stereocenters. The molecule has 0 fully saturated rings. The quantitative estimate of drug-likeness (QED) is 0.558. The van der Waals surface area contributed by atoms with Gasteiger partial charge in [0.25, 0.3) is 5.91 Å². The number of halogens is 1. The van der Waals surface area contributed by atoms with Crippen LogP contribution >= 0.6 is 11.6 Å². The Morgan fingerprint density at radius 3 is 2.52 bits per heavy atom. The molecule has 146 valence electrons. The van der Waals surface area contributed by atoms with Crippen molar-refractivity contribution in [1.29, 1.82) is 0 Å². The smallest absolute Gasteiger partial charge is 0.273 e. The second kappa shape index (κ2) is 8.16. The first-order chi connectivity index (χ1) is 12.6. The normalized spacial score (nSPS) is 11.9. The van der Waals surface area contributed by atoms with E-state index in [1.54, 1.807) is 13.8 Å². The van der Waals surface area contributed by atoms with Crippen LogP contribution < -0.4 is 10.9 Å². The summed E-state index contributed by atoms with van der Waals surface area (Å²) < 4.78 is 2.90. The van der Waals surface area contributed by atoms with Crippen molar-refractivity contribution in [3.8, 4) is 0 Å². The van der Waals surface area contributed by atoms with Gasteiger partial charge in [-0.2, -0.15) is 10.2 Å². The molecule has 0 radical (unpaired) electrons. The highest BCUT2D eigenvalue weighted by atomic mass is 35.5. The van der Waals surface area contributed by atoms with Crippen molar-refractivity contribution in [3.05, 3.63) is 38.4 Å². The Kier molecular flexibility index (Phi) is 6.16. The third-order valence-corrected chi connectivity index (χ3v) is 4.25. The first kappa shape index (κ1) is 20.4. The van der Waals surface area contributed by atoms with Gasteiger partial charge in [0.1, 0.15) is 11.4 Å². The third kappa shape index (κ3) is 4.42. The summed E-state index contributed by atoms with van der Waals surface area (Å²) in [6.07, 6.45) is 1.51. The number of rotatable bonds is 6. The zero-order valence-electron chi connectivity index (χ0n) is 15.3. The highest BCUT2D eigenvalue weighted by molar-refractivity contribution is 6.33. The fraction of sp³-hybridized carbons (Fsp3) is 0.467. The largest absolute Gasteiger partial charge is 0.312 e. The number of nitro groups is 1. The summed E-state index contributed by atoms with van der Waals surface area (Å²) in [5, 5.41) is 19.3. The number of nitrogens with one attached hydrogen (secondary N) is 2. The van der Waals surface area contributed by atoms with E-state index in [-0.39, 0.29) is 28.6 Å². The number of aryl methyl sites for hydroxylation is 2. The lowest BCUT2D eigenvalue weighted by atomic mass is 10.1. The van der Waals surface area contributed by atoms with Crippen LogP contribution in [0.15, 0.2) is 6.20 Å². The molecule has 0 aliphatic rings. The van der Waals surface area contributed by atoms with E-state index in [0.717, 1.165) is 0 Å². The predicted molar refractivity (Wildman–Crippen MR) is 96.0 cm³/mol. The van der Waals surface area contributed by atoms with Crippen molar-refractivity contribution in [1.82, 2.24) is 30.4 Å². The van der Waals surface area contributed by atoms with Crippen LogP contribution in [0.2, 0.25) is 5.02 Å². The zero-order chi connectivity index (χ0) is 20.3. The number of carbonyl (C=O) groups is 2. The number of aromatic nitrogens is 4. The topological polar surface area (TPSA) is 137 Å². The Morgan fingerprint density at radius 2 is 2.00 bits per heavy atom. The summed E-state index contributed by atoms with van der Waals surface area (Å²) in [6.45, 7) is 7.22. The summed E-state index contributed by atoms with van der Waals surface area (Å²) in [5.41, 5.74) is 5.12. The molecule has 0 saturated carbocycles. The number of hydrogen-bond acceptors (Lipinski definition) is 6. The van der Waals surface area contributed by atoms with Crippen LogP contribution in [0.5, 0.6) is 0 Å². The van der Waals surface area contributed by atoms with Gasteiger partial charge < -0.3 is 0 Å². The van der Waals surface area contributed by atoms with E-state index in [2.05, 4.69) is 21.0 Å². The monoisotopic (exact) mass is 397 g/mol. The van der Waals surface area contributed by atoms with E-state index in [1.165, 1.54) is 22.5 Å². The summed E-state index contributed by atoms with van der Waals surface area (Å²) in [6, 6.07) is 0. The molecule has 27 heavy (non-hydrogen) atoms. The maximum Gasteiger partial charge on any atom is 0.312 e. The summed E-state index contributed by atoms with van der Waals surface area (Å²) >= 11 is 5.94. The highest BCUT2D eigenvalue weighted by Crippen LogP contribution is 2.22. The van der Waals surface area contributed by atoms with E-state index in [1.807, 2.05) is 6.92 Å². The Bertz CT molecular complexity index is 889. The Morgan fingerprint density at radius 1 is 1.33 bits per heavy atom. The van der Waals surface area contributed by atoms with Gasteiger partial charge >= 0.3 is 5.69 Å². The molecule has 2 aromatic heterocycles. The summed E-state index contributed by atoms with van der Waals surface area (Å²) in [7, 11) is 0. The highest BCUT2D eigenvalue weighted by Gasteiger charge is 2.24. The summed E-state index contributed by atoms with van der Waals surface area (Å²) in [4.78, 5) is 34.8. The Balaban J connectivity index is 1.98. The van der Waals surface area contributed by atoms with Gasteiger partial charge in [0.2, 0.25) is 5.91 Å². The molecule has 2 amide bonds. The molecule has 0 saturated heterocycles. The van der Waals surface area contributed by atoms with Crippen molar-refractivity contribution >= 4 is 29.1 Å². The van der Waals surface area contributed by atoms with Gasteiger partial charge in [-0.1, -0.05) is 18.5 Å². The lowest BCUT2D eigenvalue weighted by Crippen LogP contribution is -2.45. The number of hydrogen-bond donors (Lipinski definition) is 2. The van der Waals surface area contributed by atoms with Gasteiger partial charge in [-0.05, 0) is 20.8 Å². The van der Waals surface area contributed by atoms with E-state index in [0.29, 0.717) is 12.2 Å². The van der Waals surface area contributed by atoms with Crippen molar-refractivity contribution in [3.63, 3.8) is 0 Å². The molecule has 2 aromatic rings. The lowest BCUT2D eigenvalue weighted by molar-refractivity contribution is -0.386. The van der Waals surface area contributed by atoms with Crippen LogP contribution in [0.4, 0.5) is 5.69 Å². The van der Waals surface area contributed by atoms with Crippen molar-refractivity contribution in [2.24, 2.45) is 5.92 Å². The molecule has 0 bridgehead atoms. The van der Waals surface area contributed by atoms with E-state index in [9.17, 15) is 19.7 Å². The number of carbonyl (C=O) groups excluding carboxylic acids is 2. The third-order valence-electron chi connectivity index (χ3n) is 3.98. The molecule has 0 aromatic carbocycles. The van der Waals surface area contributed by atoms with Crippen LogP contribution in [0.25, 0.3) is 0 Å². The molecule has 0 spiro atoms. The van der Waals surface area contributed by atoms with Crippen molar-refractivity contribution < 1.29 is 14.5 Å². The second-order valence-corrected chi connectivity index (χ2v) is 6.39. The molecular formula is C15H20ClN7O4. The molecule has 0 aliphatic heterocycles. The summed E-state index contributed by atoms with van der Waals surface area (Å²) in [5.74, 6) is -1.73. The van der Waals surface area contributed by atoms with Gasteiger partial charge in [-0.25, -0.2) is 0 Å². The fourth-order valence-electron chi connectivity index (χ4n) is 2.49. The minimum absolute atomic E-state index is 0.000593. The maximum absolute atomic E-state index is 12.2. The minimum Gasteiger partial charge on any atom is -0.273 e. The fourth-order valence-corrected chi connectivity index (χ4v) is 2.72. The first-order valence-corrected chi connectivity index (χ1v) is 8.55. The van der Waals surface area contributed by atoms with Crippen molar-refractivity contribution in [2.45, 2.75) is 40.8 Å². The molecule has 0 unspecified atom stereocenters. The van der Waals surface area contributed by atoms with Gasteiger partial charge in [-0.15, -0.1) is 0 Å². The number of hydrazine groups is 1. The zero-order valence-corrected chi connectivity index (χ0v) is 16.1. The van der Waals surface area contributed by atoms with Crippen LogP contribution in [-0.2, 0) is 17.9 Å². The molecule has 2 N–H and O–H groups in total. The standard InChI is InChI=1S/C15H20ClN7O4/c1-5-21-7-11(16)12(20-21)15(25)18-17-14(24)8(2)6-22-10(4)13(23(26)27)9(3)19-22/h7-8H,5-6H2,1-4H3,(H,17,24)(H,18,25)/t8-/m0/s1. The van der Waals surface area contributed by atoms with Gasteiger partial charge in [-0.3, -0.25) is 39.9 Å². The minimum atomic E-state index is -0.644. The molecule has 2 heterocycles. The second-order valence-electron chi connectivity index (χ2n) is 5.98. The van der Waals surface area contributed by atoms with Gasteiger partial charge in [0.15, 0.2) is 5.69 Å². The lowest BCUT2D eigenvalue weighted by Gasteiger charge is -2.13. The Labute approximate surface area is 159 Å². The number of amides is 2. The molecule has 12 heteroatoms. The van der Waals surface area contributed by atoms with Crippen LogP contribution in [-0.4, -0.2) is 36.3 Å².